The quantitative estimate of drug-likeness (QED) is 0.645. The molecule has 1 amide bonds. The van der Waals surface area contributed by atoms with Gasteiger partial charge in [-0.05, 0) is 17.7 Å². The lowest BCUT2D eigenvalue weighted by molar-refractivity contribution is -0.385. The van der Waals surface area contributed by atoms with Crippen LogP contribution in [0, 0.1) is 10.1 Å². The van der Waals surface area contributed by atoms with Crippen molar-refractivity contribution in [2.45, 2.75) is 6.54 Å². The fourth-order valence-corrected chi connectivity index (χ4v) is 1.98. The van der Waals surface area contributed by atoms with Crippen molar-refractivity contribution in [1.82, 2.24) is 10.3 Å². The second-order valence-electron chi connectivity index (χ2n) is 4.52. The highest BCUT2D eigenvalue weighted by Crippen LogP contribution is 2.34. The van der Waals surface area contributed by atoms with Gasteiger partial charge in [-0.25, -0.2) is 0 Å². The zero-order valence-corrected chi connectivity index (χ0v) is 12.6. The molecule has 23 heavy (non-hydrogen) atoms. The molecule has 2 aromatic rings. The van der Waals surface area contributed by atoms with Gasteiger partial charge in [0.15, 0.2) is 11.5 Å². The zero-order chi connectivity index (χ0) is 16.8. The van der Waals surface area contributed by atoms with Gasteiger partial charge in [-0.2, -0.15) is 0 Å². The number of carbonyl (C=O) groups excluding carboxylic acids is 1. The lowest BCUT2D eigenvalue weighted by Crippen LogP contribution is -2.23. The summed E-state index contributed by atoms with van der Waals surface area (Å²) in [5.41, 5.74) is 0.382. The number of carbonyl (C=O) groups is 1. The first-order chi connectivity index (χ1) is 11.1. The Kier molecular flexibility index (Phi) is 5.08. The molecule has 8 nitrogen and oxygen atoms in total. The topological polar surface area (TPSA) is 104 Å². The van der Waals surface area contributed by atoms with Crippen LogP contribution in [0.15, 0.2) is 36.7 Å². The van der Waals surface area contributed by atoms with E-state index in [0.29, 0.717) is 0 Å². The SMILES string of the molecule is COc1cc(C(=O)NCc2ccncc2)c([N+](=O)[O-])cc1OC. The number of benzene rings is 1. The van der Waals surface area contributed by atoms with E-state index in [1.165, 1.54) is 26.4 Å². The van der Waals surface area contributed by atoms with Crippen LogP contribution in [0.3, 0.4) is 0 Å². The number of aromatic nitrogens is 1. The van der Waals surface area contributed by atoms with Gasteiger partial charge in [-0.1, -0.05) is 0 Å². The van der Waals surface area contributed by atoms with Crippen LogP contribution in [-0.4, -0.2) is 30.0 Å². The van der Waals surface area contributed by atoms with Gasteiger partial charge in [0, 0.05) is 25.0 Å². The Hall–Kier alpha value is -3.16. The average Bonchev–Trinajstić information content (AvgIpc) is 2.59. The monoisotopic (exact) mass is 317 g/mol. The van der Waals surface area contributed by atoms with Gasteiger partial charge in [0.25, 0.3) is 11.6 Å². The lowest BCUT2D eigenvalue weighted by atomic mass is 10.1. The smallest absolute Gasteiger partial charge is 0.286 e. The van der Waals surface area contributed by atoms with Gasteiger partial charge in [0.2, 0.25) is 0 Å². The number of ether oxygens (including phenoxy) is 2. The standard InChI is InChI=1S/C15H15N3O5/c1-22-13-7-11(12(18(20)21)8-14(13)23-2)15(19)17-9-10-3-5-16-6-4-10/h3-8H,9H2,1-2H3,(H,17,19). The van der Waals surface area contributed by atoms with E-state index >= 15 is 0 Å². The molecule has 0 bridgehead atoms. The highest BCUT2D eigenvalue weighted by molar-refractivity contribution is 5.99. The van der Waals surface area contributed by atoms with Crippen molar-refractivity contribution in [1.29, 1.82) is 0 Å². The number of pyridine rings is 1. The fourth-order valence-electron chi connectivity index (χ4n) is 1.98. The Morgan fingerprint density at radius 3 is 2.39 bits per heavy atom. The van der Waals surface area contributed by atoms with Crippen molar-refractivity contribution < 1.29 is 19.2 Å². The molecule has 0 saturated heterocycles. The molecule has 2 rings (SSSR count). The average molecular weight is 317 g/mol. The van der Waals surface area contributed by atoms with Gasteiger partial charge >= 0.3 is 0 Å². The summed E-state index contributed by atoms with van der Waals surface area (Å²) in [5.74, 6) is -0.147. The normalized spacial score (nSPS) is 10.0. The van der Waals surface area contributed by atoms with Crippen LogP contribution in [0.4, 0.5) is 5.69 Å². The number of rotatable bonds is 6. The molecule has 1 N–H and O–H groups in total. The Bertz CT molecular complexity index is 719. The number of methoxy groups -OCH3 is 2. The van der Waals surface area contributed by atoms with Crippen LogP contribution in [0.1, 0.15) is 15.9 Å². The number of amides is 1. The second-order valence-corrected chi connectivity index (χ2v) is 4.52. The summed E-state index contributed by atoms with van der Waals surface area (Å²) in [6, 6.07) is 5.94. The molecule has 0 unspecified atom stereocenters. The number of nitro benzene ring substituents is 1. The summed E-state index contributed by atoms with van der Waals surface area (Å²) in [7, 11) is 2.76. The van der Waals surface area contributed by atoms with E-state index in [9.17, 15) is 14.9 Å². The maximum absolute atomic E-state index is 12.3. The summed E-state index contributed by atoms with van der Waals surface area (Å²) in [4.78, 5) is 26.7. The predicted octanol–water partition coefficient (Wildman–Crippen LogP) is 1.94. The van der Waals surface area contributed by atoms with E-state index in [4.69, 9.17) is 9.47 Å². The fraction of sp³-hybridized carbons (Fsp3) is 0.200. The van der Waals surface area contributed by atoms with Crippen LogP contribution >= 0.6 is 0 Å². The van der Waals surface area contributed by atoms with Crippen molar-refractivity contribution in [3.8, 4) is 11.5 Å². The third-order valence-electron chi connectivity index (χ3n) is 3.15. The predicted molar refractivity (Wildman–Crippen MR) is 81.6 cm³/mol. The van der Waals surface area contributed by atoms with Crippen LogP contribution in [0.25, 0.3) is 0 Å². The largest absolute Gasteiger partial charge is 0.493 e. The second kappa shape index (κ2) is 7.21. The zero-order valence-electron chi connectivity index (χ0n) is 12.6. The van der Waals surface area contributed by atoms with Crippen LogP contribution in [0.5, 0.6) is 11.5 Å². The van der Waals surface area contributed by atoms with Crippen LogP contribution < -0.4 is 14.8 Å². The van der Waals surface area contributed by atoms with Crippen molar-refractivity contribution in [2.75, 3.05) is 14.2 Å². The van der Waals surface area contributed by atoms with E-state index in [0.717, 1.165) is 5.56 Å². The first-order valence-corrected chi connectivity index (χ1v) is 6.64. The number of nitro groups is 1. The van der Waals surface area contributed by atoms with E-state index in [-0.39, 0.29) is 29.3 Å². The summed E-state index contributed by atoms with van der Waals surface area (Å²) in [6.07, 6.45) is 3.20. The highest BCUT2D eigenvalue weighted by Gasteiger charge is 2.24. The number of hydrogen-bond acceptors (Lipinski definition) is 6. The molecule has 0 aliphatic carbocycles. The van der Waals surface area contributed by atoms with E-state index in [2.05, 4.69) is 10.3 Å². The molecule has 0 atom stereocenters. The van der Waals surface area contributed by atoms with Gasteiger partial charge in [-0.3, -0.25) is 19.9 Å². The minimum absolute atomic E-state index is 0.0956. The molecule has 0 aliphatic rings. The Labute approximate surface area is 132 Å². The molecule has 0 aliphatic heterocycles. The maximum atomic E-state index is 12.3. The van der Waals surface area contributed by atoms with Crippen molar-refractivity contribution >= 4 is 11.6 Å². The molecular formula is C15H15N3O5. The molecule has 120 valence electrons. The van der Waals surface area contributed by atoms with Gasteiger partial charge in [-0.15, -0.1) is 0 Å². The summed E-state index contributed by atoms with van der Waals surface area (Å²) in [6.45, 7) is 0.229. The van der Waals surface area contributed by atoms with Gasteiger partial charge < -0.3 is 14.8 Å². The molecule has 0 saturated carbocycles. The summed E-state index contributed by atoms with van der Waals surface area (Å²) >= 11 is 0. The number of nitrogens with one attached hydrogen (secondary N) is 1. The third-order valence-corrected chi connectivity index (χ3v) is 3.15. The molecule has 0 spiro atoms. The molecule has 1 aromatic heterocycles. The van der Waals surface area contributed by atoms with Crippen molar-refractivity contribution in [2.24, 2.45) is 0 Å². The lowest BCUT2D eigenvalue weighted by Gasteiger charge is -2.11. The minimum Gasteiger partial charge on any atom is -0.493 e. The Morgan fingerprint density at radius 1 is 1.22 bits per heavy atom. The molecular weight excluding hydrogens is 302 g/mol. The molecule has 0 fully saturated rings. The first kappa shape index (κ1) is 16.2. The van der Waals surface area contributed by atoms with Crippen molar-refractivity contribution in [3.05, 3.63) is 57.9 Å². The van der Waals surface area contributed by atoms with Crippen LogP contribution in [-0.2, 0) is 6.54 Å². The van der Waals surface area contributed by atoms with E-state index in [1.807, 2.05) is 0 Å². The first-order valence-electron chi connectivity index (χ1n) is 6.64. The Morgan fingerprint density at radius 2 is 1.83 bits per heavy atom. The van der Waals surface area contributed by atoms with Gasteiger partial charge in [0.1, 0.15) is 5.56 Å². The van der Waals surface area contributed by atoms with Gasteiger partial charge in [0.05, 0.1) is 25.2 Å². The van der Waals surface area contributed by atoms with Crippen LogP contribution in [0.2, 0.25) is 0 Å². The third kappa shape index (κ3) is 3.73. The number of hydrogen-bond donors (Lipinski definition) is 1. The summed E-state index contributed by atoms with van der Waals surface area (Å²) in [5, 5.41) is 13.8. The maximum Gasteiger partial charge on any atom is 0.286 e. The van der Waals surface area contributed by atoms with Crippen molar-refractivity contribution in [3.63, 3.8) is 0 Å². The molecule has 8 heteroatoms. The summed E-state index contributed by atoms with van der Waals surface area (Å²) < 4.78 is 10.1. The molecule has 1 aromatic carbocycles. The number of nitrogens with zero attached hydrogens (tertiary/aromatic N) is 2. The molecule has 0 radical (unpaired) electrons. The highest BCUT2D eigenvalue weighted by atomic mass is 16.6. The minimum atomic E-state index is -0.636. The van der Waals surface area contributed by atoms with E-state index in [1.54, 1.807) is 24.5 Å². The Balaban J connectivity index is 2.29. The molecule has 1 heterocycles. The van der Waals surface area contributed by atoms with E-state index < -0.39 is 10.8 Å².